The molecule has 1 atom stereocenters. The molecule has 6 heteroatoms. The van der Waals surface area contributed by atoms with Crippen molar-refractivity contribution < 1.29 is 14.0 Å². The van der Waals surface area contributed by atoms with E-state index in [-0.39, 0.29) is 17.9 Å². The first-order valence-corrected chi connectivity index (χ1v) is 9.03. The van der Waals surface area contributed by atoms with Crippen LogP contribution in [-0.2, 0) is 4.79 Å². The minimum atomic E-state index is -0.0575. The van der Waals surface area contributed by atoms with Crippen molar-refractivity contribution in [3.8, 4) is 11.1 Å². The number of benzene rings is 2. The summed E-state index contributed by atoms with van der Waals surface area (Å²) < 4.78 is 5.51. The Labute approximate surface area is 157 Å². The first kappa shape index (κ1) is 17.3. The monoisotopic (exact) mass is 363 g/mol. The quantitative estimate of drug-likeness (QED) is 0.776. The normalized spacial score (nSPS) is 16.7. The summed E-state index contributed by atoms with van der Waals surface area (Å²) in [5.74, 6) is 0.584. The van der Waals surface area contributed by atoms with Gasteiger partial charge in [0.2, 0.25) is 5.91 Å². The van der Waals surface area contributed by atoms with E-state index < -0.39 is 0 Å². The number of aryl methyl sites for hydroxylation is 1. The second-order valence-corrected chi connectivity index (χ2v) is 6.93. The van der Waals surface area contributed by atoms with Gasteiger partial charge in [-0.15, -0.1) is 0 Å². The third-order valence-corrected chi connectivity index (χ3v) is 4.84. The Morgan fingerprint density at radius 2 is 1.89 bits per heavy atom. The number of carbonyl (C=O) groups is 2. The van der Waals surface area contributed by atoms with Gasteiger partial charge in [0, 0.05) is 38.5 Å². The Morgan fingerprint density at radius 1 is 1.15 bits per heavy atom. The van der Waals surface area contributed by atoms with Gasteiger partial charge in [-0.05, 0) is 41.8 Å². The van der Waals surface area contributed by atoms with Crippen molar-refractivity contribution in [2.45, 2.75) is 26.3 Å². The van der Waals surface area contributed by atoms with Gasteiger partial charge in [-0.25, -0.2) is 4.98 Å². The van der Waals surface area contributed by atoms with E-state index in [0.717, 1.165) is 28.6 Å². The summed E-state index contributed by atoms with van der Waals surface area (Å²) in [6, 6.07) is 13.5. The summed E-state index contributed by atoms with van der Waals surface area (Å²) in [6.07, 6.45) is 0.792. The number of rotatable bonds is 3. The topological polar surface area (TPSA) is 75.4 Å². The molecule has 1 aromatic heterocycles. The van der Waals surface area contributed by atoms with Gasteiger partial charge in [0.15, 0.2) is 11.5 Å². The van der Waals surface area contributed by atoms with Crippen LogP contribution in [0.25, 0.3) is 22.2 Å². The largest absolute Gasteiger partial charge is 0.441 e. The number of oxazole rings is 1. The molecule has 1 N–H and O–H groups in total. The minimum absolute atomic E-state index is 0.00280. The average molecular weight is 363 g/mol. The van der Waals surface area contributed by atoms with E-state index in [1.165, 1.54) is 6.92 Å². The van der Waals surface area contributed by atoms with Gasteiger partial charge >= 0.3 is 0 Å². The SMILES string of the molecule is CC(=O)N[C@@H]1CCN(C(=O)c2ccc(-c3ccc4oc(C)nc4c3)cc2)C1. The van der Waals surface area contributed by atoms with Crippen molar-refractivity contribution in [3.05, 3.63) is 53.9 Å². The highest BCUT2D eigenvalue weighted by atomic mass is 16.3. The van der Waals surface area contributed by atoms with Crippen LogP contribution < -0.4 is 5.32 Å². The number of aromatic nitrogens is 1. The predicted molar refractivity (Wildman–Crippen MR) is 102 cm³/mol. The molecule has 0 aliphatic carbocycles. The highest BCUT2D eigenvalue weighted by Gasteiger charge is 2.27. The number of nitrogens with one attached hydrogen (secondary N) is 1. The molecule has 6 nitrogen and oxygen atoms in total. The summed E-state index contributed by atoms with van der Waals surface area (Å²) >= 11 is 0. The Hall–Kier alpha value is -3.15. The lowest BCUT2D eigenvalue weighted by atomic mass is 10.0. The molecule has 2 heterocycles. The third-order valence-electron chi connectivity index (χ3n) is 4.84. The molecular weight excluding hydrogens is 342 g/mol. The molecule has 138 valence electrons. The number of hydrogen-bond donors (Lipinski definition) is 1. The number of likely N-dealkylation sites (tertiary alicyclic amines) is 1. The highest BCUT2D eigenvalue weighted by molar-refractivity contribution is 5.95. The lowest BCUT2D eigenvalue weighted by Gasteiger charge is -2.17. The van der Waals surface area contributed by atoms with Crippen molar-refractivity contribution in [2.75, 3.05) is 13.1 Å². The fourth-order valence-corrected chi connectivity index (χ4v) is 3.56. The van der Waals surface area contributed by atoms with Crippen LogP contribution in [0, 0.1) is 6.92 Å². The van der Waals surface area contributed by atoms with E-state index >= 15 is 0 Å². The van der Waals surface area contributed by atoms with Crippen molar-refractivity contribution in [1.29, 1.82) is 0 Å². The van der Waals surface area contributed by atoms with Crippen molar-refractivity contribution in [2.24, 2.45) is 0 Å². The Bertz CT molecular complexity index is 1010. The van der Waals surface area contributed by atoms with E-state index in [2.05, 4.69) is 10.3 Å². The molecule has 2 aromatic carbocycles. The maximum atomic E-state index is 12.7. The maximum Gasteiger partial charge on any atom is 0.253 e. The first-order valence-electron chi connectivity index (χ1n) is 9.03. The Balaban J connectivity index is 1.49. The van der Waals surface area contributed by atoms with Crippen LogP contribution in [0.15, 0.2) is 46.9 Å². The van der Waals surface area contributed by atoms with E-state index in [4.69, 9.17) is 4.42 Å². The molecule has 1 aliphatic heterocycles. The first-order chi connectivity index (χ1) is 13.0. The van der Waals surface area contributed by atoms with Gasteiger partial charge in [-0.2, -0.15) is 0 Å². The van der Waals surface area contributed by atoms with Crippen LogP contribution in [0.3, 0.4) is 0 Å². The average Bonchev–Trinajstić information content (AvgIpc) is 3.25. The summed E-state index contributed by atoms with van der Waals surface area (Å²) in [4.78, 5) is 30.0. The standard InChI is InChI=1S/C21H21N3O3/c1-13(25)22-18-9-10-24(12-18)21(26)16-5-3-15(4-6-16)17-7-8-20-19(11-17)23-14(2)27-20/h3-8,11,18H,9-10,12H2,1-2H3,(H,22,25)/t18-/m1/s1. The van der Waals surface area contributed by atoms with Gasteiger partial charge in [-0.1, -0.05) is 18.2 Å². The van der Waals surface area contributed by atoms with E-state index in [0.29, 0.717) is 24.5 Å². The number of carbonyl (C=O) groups excluding carboxylic acids is 2. The molecule has 1 aliphatic rings. The molecule has 0 radical (unpaired) electrons. The molecular formula is C21H21N3O3. The van der Waals surface area contributed by atoms with Crippen LogP contribution >= 0.6 is 0 Å². The zero-order valence-corrected chi connectivity index (χ0v) is 15.4. The number of nitrogens with zero attached hydrogens (tertiary/aromatic N) is 2. The molecule has 0 saturated carbocycles. The van der Waals surface area contributed by atoms with Gasteiger partial charge in [-0.3, -0.25) is 9.59 Å². The molecule has 0 spiro atoms. The van der Waals surface area contributed by atoms with Crippen LogP contribution in [0.5, 0.6) is 0 Å². The van der Waals surface area contributed by atoms with Gasteiger partial charge in [0.1, 0.15) is 5.52 Å². The lowest BCUT2D eigenvalue weighted by Crippen LogP contribution is -2.37. The van der Waals surface area contributed by atoms with Crippen LogP contribution in [0.2, 0.25) is 0 Å². The molecule has 3 aromatic rings. The molecule has 1 saturated heterocycles. The zero-order valence-electron chi connectivity index (χ0n) is 15.4. The third kappa shape index (κ3) is 3.56. The van der Waals surface area contributed by atoms with Crippen LogP contribution in [0.1, 0.15) is 29.6 Å². The predicted octanol–water partition coefficient (Wildman–Crippen LogP) is 3.15. The summed E-state index contributed by atoms with van der Waals surface area (Å²) in [5, 5.41) is 2.88. The van der Waals surface area contributed by atoms with Gasteiger partial charge in [0.05, 0.1) is 0 Å². The maximum absolute atomic E-state index is 12.7. The molecule has 0 bridgehead atoms. The lowest BCUT2D eigenvalue weighted by molar-refractivity contribution is -0.119. The molecule has 4 rings (SSSR count). The number of amides is 2. The van der Waals surface area contributed by atoms with Crippen LogP contribution in [0.4, 0.5) is 0 Å². The molecule has 27 heavy (non-hydrogen) atoms. The fourth-order valence-electron chi connectivity index (χ4n) is 3.56. The summed E-state index contributed by atoms with van der Waals surface area (Å²) in [6.45, 7) is 4.55. The Morgan fingerprint density at radius 3 is 2.63 bits per heavy atom. The van der Waals surface area contributed by atoms with E-state index in [9.17, 15) is 9.59 Å². The van der Waals surface area contributed by atoms with E-state index in [1.807, 2.05) is 49.4 Å². The zero-order chi connectivity index (χ0) is 19.0. The van der Waals surface area contributed by atoms with Crippen molar-refractivity contribution in [3.63, 3.8) is 0 Å². The Kier molecular flexibility index (Phi) is 4.39. The second kappa shape index (κ2) is 6.87. The van der Waals surface area contributed by atoms with Crippen molar-refractivity contribution >= 4 is 22.9 Å². The fraction of sp³-hybridized carbons (Fsp3) is 0.286. The summed E-state index contributed by atoms with van der Waals surface area (Å²) in [5.41, 5.74) is 4.30. The van der Waals surface area contributed by atoms with Crippen molar-refractivity contribution in [1.82, 2.24) is 15.2 Å². The number of hydrogen-bond acceptors (Lipinski definition) is 4. The molecule has 2 amide bonds. The van der Waals surface area contributed by atoms with Gasteiger partial charge < -0.3 is 14.6 Å². The number of fused-ring (bicyclic) bond motifs is 1. The minimum Gasteiger partial charge on any atom is -0.441 e. The molecule has 1 fully saturated rings. The highest BCUT2D eigenvalue weighted by Crippen LogP contribution is 2.25. The molecule has 0 unspecified atom stereocenters. The van der Waals surface area contributed by atoms with Crippen LogP contribution in [-0.4, -0.2) is 40.8 Å². The smallest absolute Gasteiger partial charge is 0.253 e. The van der Waals surface area contributed by atoms with Gasteiger partial charge in [0.25, 0.3) is 5.91 Å². The summed E-state index contributed by atoms with van der Waals surface area (Å²) in [7, 11) is 0. The van der Waals surface area contributed by atoms with E-state index in [1.54, 1.807) is 4.90 Å². The second-order valence-electron chi connectivity index (χ2n) is 6.93.